The molecule has 2 nitrogen and oxygen atoms in total. The lowest BCUT2D eigenvalue weighted by Crippen LogP contribution is -2.39. The second-order valence-corrected chi connectivity index (χ2v) is 5.06. The lowest BCUT2D eigenvalue weighted by Gasteiger charge is -2.22. The molecule has 1 aromatic carbocycles. The van der Waals surface area contributed by atoms with Crippen LogP contribution in [-0.2, 0) is 11.2 Å². The molecular weight excluding hydrogens is 241 g/mol. The fraction of sp³-hybridized carbons (Fsp3) is 0.538. The summed E-state index contributed by atoms with van der Waals surface area (Å²) in [7, 11) is 1.69. The van der Waals surface area contributed by atoms with Crippen LogP contribution in [0, 0.1) is 11.7 Å². The molecule has 1 aliphatic rings. The first-order valence-corrected chi connectivity index (χ1v) is 6.22. The van der Waals surface area contributed by atoms with E-state index in [9.17, 15) is 4.39 Å². The molecule has 2 rings (SSSR count). The monoisotopic (exact) mass is 257 g/mol. The van der Waals surface area contributed by atoms with Crippen molar-refractivity contribution in [3.8, 4) is 0 Å². The second kappa shape index (κ2) is 5.34. The average Bonchev–Trinajstić information content (AvgIpc) is 3.09. The van der Waals surface area contributed by atoms with E-state index in [1.54, 1.807) is 13.2 Å². The molecule has 2 unspecified atom stereocenters. The van der Waals surface area contributed by atoms with Crippen molar-refractivity contribution in [1.29, 1.82) is 0 Å². The normalized spacial score (nSPS) is 19.1. The molecule has 94 valence electrons. The van der Waals surface area contributed by atoms with E-state index in [-0.39, 0.29) is 17.2 Å². The largest absolute Gasteiger partial charge is 0.380 e. The van der Waals surface area contributed by atoms with Crippen LogP contribution in [0.25, 0.3) is 0 Å². The molecule has 0 heterocycles. The van der Waals surface area contributed by atoms with E-state index in [2.05, 4.69) is 0 Å². The molecule has 1 saturated carbocycles. The number of halogens is 2. The molecule has 2 atom stereocenters. The van der Waals surface area contributed by atoms with Crippen LogP contribution in [0.15, 0.2) is 18.2 Å². The van der Waals surface area contributed by atoms with Gasteiger partial charge in [-0.3, -0.25) is 0 Å². The highest BCUT2D eigenvalue weighted by Gasteiger charge is 2.35. The second-order valence-electron chi connectivity index (χ2n) is 4.65. The average molecular weight is 258 g/mol. The Kier molecular flexibility index (Phi) is 4.02. The molecule has 0 bridgehead atoms. The Balaban J connectivity index is 2.01. The van der Waals surface area contributed by atoms with Crippen LogP contribution in [0.2, 0.25) is 5.02 Å². The van der Waals surface area contributed by atoms with Gasteiger partial charge in [0.2, 0.25) is 0 Å². The molecule has 0 radical (unpaired) electrons. The van der Waals surface area contributed by atoms with Gasteiger partial charge in [0.1, 0.15) is 5.82 Å². The Morgan fingerprint density at radius 2 is 2.24 bits per heavy atom. The molecule has 1 aromatic rings. The maximum Gasteiger partial charge on any atom is 0.142 e. The van der Waals surface area contributed by atoms with Gasteiger partial charge >= 0.3 is 0 Å². The predicted molar refractivity (Wildman–Crippen MR) is 66.6 cm³/mol. The third kappa shape index (κ3) is 3.18. The Morgan fingerprint density at radius 3 is 2.76 bits per heavy atom. The number of rotatable bonds is 5. The summed E-state index contributed by atoms with van der Waals surface area (Å²) in [5.74, 6) is 0.184. The molecule has 2 N–H and O–H groups in total. The zero-order chi connectivity index (χ0) is 12.4. The fourth-order valence-corrected chi connectivity index (χ4v) is 2.31. The SMILES string of the molecule is COC(C(N)Cc1ccc(Cl)c(F)c1)C1CC1. The molecular formula is C13H17ClFNO. The van der Waals surface area contributed by atoms with Crippen molar-refractivity contribution in [2.24, 2.45) is 11.7 Å². The van der Waals surface area contributed by atoms with Crippen molar-refractivity contribution in [3.05, 3.63) is 34.6 Å². The number of benzene rings is 1. The first-order valence-electron chi connectivity index (χ1n) is 5.84. The number of methoxy groups -OCH3 is 1. The quantitative estimate of drug-likeness (QED) is 0.880. The summed E-state index contributed by atoms with van der Waals surface area (Å²) in [6, 6.07) is 4.73. The molecule has 1 fully saturated rings. The summed E-state index contributed by atoms with van der Waals surface area (Å²) in [4.78, 5) is 0. The zero-order valence-electron chi connectivity index (χ0n) is 9.83. The summed E-state index contributed by atoms with van der Waals surface area (Å²) in [6.07, 6.45) is 3.06. The van der Waals surface area contributed by atoms with E-state index in [4.69, 9.17) is 22.1 Å². The van der Waals surface area contributed by atoms with E-state index in [0.717, 1.165) is 5.56 Å². The van der Waals surface area contributed by atoms with Gasteiger partial charge in [-0.1, -0.05) is 17.7 Å². The molecule has 0 aromatic heterocycles. The summed E-state index contributed by atoms with van der Waals surface area (Å²) < 4.78 is 18.7. The lowest BCUT2D eigenvalue weighted by atomic mass is 9.99. The molecule has 1 aliphatic carbocycles. The highest BCUT2D eigenvalue weighted by atomic mass is 35.5. The van der Waals surface area contributed by atoms with E-state index in [1.807, 2.05) is 6.07 Å². The predicted octanol–water partition coefficient (Wildman–Crippen LogP) is 2.77. The van der Waals surface area contributed by atoms with Crippen molar-refractivity contribution in [1.82, 2.24) is 0 Å². The zero-order valence-corrected chi connectivity index (χ0v) is 10.6. The van der Waals surface area contributed by atoms with Crippen LogP contribution in [0.3, 0.4) is 0 Å². The Labute approximate surface area is 106 Å². The van der Waals surface area contributed by atoms with Crippen LogP contribution in [0.1, 0.15) is 18.4 Å². The van der Waals surface area contributed by atoms with Gasteiger partial charge in [-0.15, -0.1) is 0 Å². The molecule has 0 saturated heterocycles. The van der Waals surface area contributed by atoms with Crippen LogP contribution >= 0.6 is 11.6 Å². The first-order chi connectivity index (χ1) is 8.11. The third-order valence-electron chi connectivity index (χ3n) is 3.24. The Bertz CT molecular complexity index is 395. The maximum atomic E-state index is 13.3. The first kappa shape index (κ1) is 12.8. The van der Waals surface area contributed by atoms with Gasteiger partial charge < -0.3 is 10.5 Å². The summed E-state index contributed by atoms with van der Waals surface area (Å²) in [5.41, 5.74) is 6.97. The number of hydrogen-bond donors (Lipinski definition) is 1. The van der Waals surface area contributed by atoms with Crippen molar-refractivity contribution >= 4 is 11.6 Å². The van der Waals surface area contributed by atoms with Gasteiger partial charge in [0, 0.05) is 13.2 Å². The standard InChI is InChI=1S/C13H17ClFNO/c1-17-13(9-3-4-9)12(16)7-8-2-5-10(14)11(15)6-8/h2,5-6,9,12-13H,3-4,7,16H2,1H3. The topological polar surface area (TPSA) is 35.2 Å². The highest BCUT2D eigenvalue weighted by molar-refractivity contribution is 6.30. The van der Waals surface area contributed by atoms with Gasteiger partial charge in [0.25, 0.3) is 0 Å². The number of hydrogen-bond acceptors (Lipinski definition) is 2. The van der Waals surface area contributed by atoms with E-state index < -0.39 is 5.82 Å². The molecule has 17 heavy (non-hydrogen) atoms. The van der Waals surface area contributed by atoms with Gasteiger partial charge in [-0.05, 0) is 42.9 Å². The van der Waals surface area contributed by atoms with E-state index in [1.165, 1.54) is 18.9 Å². The summed E-state index contributed by atoms with van der Waals surface area (Å²) in [6.45, 7) is 0. The molecule has 0 amide bonds. The van der Waals surface area contributed by atoms with E-state index >= 15 is 0 Å². The maximum absolute atomic E-state index is 13.3. The Hall–Kier alpha value is -0.640. The molecule has 4 heteroatoms. The van der Waals surface area contributed by atoms with Crippen molar-refractivity contribution < 1.29 is 9.13 Å². The van der Waals surface area contributed by atoms with Gasteiger partial charge in [0.15, 0.2) is 0 Å². The third-order valence-corrected chi connectivity index (χ3v) is 3.54. The fourth-order valence-electron chi connectivity index (χ4n) is 2.20. The number of ether oxygens (including phenoxy) is 1. The van der Waals surface area contributed by atoms with Crippen LogP contribution in [-0.4, -0.2) is 19.3 Å². The highest BCUT2D eigenvalue weighted by Crippen LogP contribution is 2.35. The van der Waals surface area contributed by atoms with Gasteiger partial charge in [-0.2, -0.15) is 0 Å². The minimum Gasteiger partial charge on any atom is -0.380 e. The number of nitrogens with two attached hydrogens (primary N) is 1. The van der Waals surface area contributed by atoms with Crippen molar-refractivity contribution in [3.63, 3.8) is 0 Å². The summed E-state index contributed by atoms with van der Waals surface area (Å²) in [5, 5.41) is 0.146. The van der Waals surface area contributed by atoms with Gasteiger partial charge in [-0.25, -0.2) is 4.39 Å². The minimum absolute atomic E-state index is 0.0775. The lowest BCUT2D eigenvalue weighted by molar-refractivity contribution is 0.0626. The minimum atomic E-state index is -0.392. The smallest absolute Gasteiger partial charge is 0.142 e. The van der Waals surface area contributed by atoms with Crippen molar-refractivity contribution in [2.45, 2.75) is 31.4 Å². The van der Waals surface area contributed by atoms with Crippen LogP contribution in [0.4, 0.5) is 4.39 Å². The van der Waals surface area contributed by atoms with E-state index in [0.29, 0.717) is 12.3 Å². The van der Waals surface area contributed by atoms with Gasteiger partial charge in [0.05, 0.1) is 11.1 Å². The van der Waals surface area contributed by atoms with Crippen LogP contribution < -0.4 is 5.73 Å². The summed E-state index contributed by atoms with van der Waals surface area (Å²) >= 11 is 5.64. The Morgan fingerprint density at radius 1 is 1.53 bits per heavy atom. The molecule has 0 spiro atoms. The van der Waals surface area contributed by atoms with Crippen molar-refractivity contribution in [2.75, 3.05) is 7.11 Å². The molecule has 0 aliphatic heterocycles. The van der Waals surface area contributed by atoms with Crippen LogP contribution in [0.5, 0.6) is 0 Å².